The minimum atomic E-state index is -2.96. The second kappa shape index (κ2) is 9.70. The maximum Gasteiger partial charge on any atom is 0.387 e. The summed E-state index contributed by atoms with van der Waals surface area (Å²) in [6.07, 6.45) is 6.08. The summed E-state index contributed by atoms with van der Waals surface area (Å²) in [6, 6.07) is 5.43. The number of hydrogen-bond donors (Lipinski definition) is 2. The van der Waals surface area contributed by atoms with Gasteiger partial charge in [-0.2, -0.15) is 8.78 Å². The van der Waals surface area contributed by atoms with E-state index in [2.05, 4.69) is 20.4 Å². The van der Waals surface area contributed by atoms with Gasteiger partial charge in [-0.3, -0.25) is 9.20 Å². The highest BCUT2D eigenvalue weighted by Crippen LogP contribution is 2.36. The summed E-state index contributed by atoms with van der Waals surface area (Å²) in [5.41, 5.74) is 2.77. The van der Waals surface area contributed by atoms with Gasteiger partial charge in [-0.05, 0) is 43.5 Å². The first-order valence-electron chi connectivity index (χ1n) is 10.6. The average Bonchev–Trinajstić information content (AvgIpc) is 3.47. The molecule has 1 saturated heterocycles. The van der Waals surface area contributed by atoms with E-state index in [9.17, 15) is 18.0 Å². The van der Waals surface area contributed by atoms with Crippen molar-refractivity contribution in [2.24, 2.45) is 0 Å². The van der Waals surface area contributed by atoms with E-state index in [0.717, 1.165) is 19.5 Å². The summed E-state index contributed by atoms with van der Waals surface area (Å²) in [5.74, 6) is 0.222. The number of nitrogens with one attached hydrogen (secondary N) is 2. The van der Waals surface area contributed by atoms with Gasteiger partial charge in [-0.25, -0.2) is 9.37 Å². The molecule has 1 aromatic carbocycles. The molecule has 0 bridgehead atoms. The standard InChI is InChI=1S/C19H18F3N3O2.C4H7NO/c1-10-16(26-2)3-11(4-17(10)27-19(21)22)15-8-24-18-5-13(12-6-23-7-12)14(20)9-25(15)18;6-3-5-4-1-2-4/h3-5,8-9,12,19,23H,6-7H2,1-2H3;3-4H,1-2H2,(H,5,6). The van der Waals surface area contributed by atoms with E-state index in [4.69, 9.17) is 4.74 Å². The SMILES string of the molecule is COc1cc(-c2cnc3cc(C4CNC4)c(F)cn23)cc(OC(F)F)c1C.O=CNC1CC1. The number of hydrogen-bond acceptors (Lipinski definition) is 5. The number of alkyl halides is 2. The summed E-state index contributed by atoms with van der Waals surface area (Å²) in [7, 11) is 1.45. The fraction of sp³-hybridized carbons (Fsp3) is 0.391. The molecule has 0 spiro atoms. The van der Waals surface area contributed by atoms with Gasteiger partial charge >= 0.3 is 6.61 Å². The van der Waals surface area contributed by atoms with Crippen LogP contribution in [-0.4, -0.2) is 48.6 Å². The Hall–Kier alpha value is -3.27. The van der Waals surface area contributed by atoms with Crippen molar-refractivity contribution in [3.8, 4) is 22.8 Å². The molecule has 2 N–H and O–H groups in total. The Kier molecular flexibility index (Phi) is 6.73. The van der Waals surface area contributed by atoms with Crippen LogP contribution in [0.1, 0.15) is 29.9 Å². The Balaban J connectivity index is 0.000000376. The highest BCUT2D eigenvalue weighted by atomic mass is 19.3. The van der Waals surface area contributed by atoms with Crippen LogP contribution in [0.2, 0.25) is 0 Å². The highest BCUT2D eigenvalue weighted by molar-refractivity contribution is 5.69. The molecular weight excluding hydrogens is 437 g/mol. The van der Waals surface area contributed by atoms with Crippen LogP contribution < -0.4 is 20.1 Å². The lowest BCUT2D eigenvalue weighted by Gasteiger charge is -2.27. The predicted molar refractivity (Wildman–Crippen MR) is 116 cm³/mol. The number of ether oxygens (including phenoxy) is 2. The molecule has 7 nitrogen and oxygen atoms in total. The summed E-state index contributed by atoms with van der Waals surface area (Å²) in [5, 5.41) is 5.76. The Morgan fingerprint density at radius 3 is 2.52 bits per heavy atom. The maximum absolute atomic E-state index is 14.6. The smallest absolute Gasteiger partial charge is 0.387 e. The van der Waals surface area contributed by atoms with E-state index in [1.54, 1.807) is 29.7 Å². The minimum absolute atomic E-state index is 0.00642. The number of methoxy groups -OCH3 is 1. The lowest BCUT2D eigenvalue weighted by atomic mass is 9.94. The third kappa shape index (κ3) is 5.05. The summed E-state index contributed by atoms with van der Waals surface area (Å²) in [6.45, 7) is 0.156. The molecule has 5 rings (SSSR count). The van der Waals surface area contributed by atoms with E-state index in [1.165, 1.54) is 32.2 Å². The quantitative estimate of drug-likeness (QED) is 0.525. The monoisotopic (exact) mass is 462 g/mol. The van der Waals surface area contributed by atoms with Crippen LogP contribution in [0.15, 0.2) is 30.6 Å². The van der Waals surface area contributed by atoms with E-state index in [-0.39, 0.29) is 17.5 Å². The summed E-state index contributed by atoms with van der Waals surface area (Å²) >= 11 is 0. The number of imidazole rings is 1. The van der Waals surface area contributed by atoms with E-state index in [1.807, 2.05) is 0 Å². The van der Waals surface area contributed by atoms with Gasteiger partial charge in [0.15, 0.2) is 0 Å². The number of benzene rings is 1. The normalized spacial score (nSPS) is 15.6. The molecule has 0 unspecified atom stereocenters. The van der Waals surface area contributed by atoms with Gasteiger partial charge < -0.3 is 20.1 Å². The molecule has 2 aliphatic rings. The molecule has 1 amide bonds. The molecule has 1 aliphatic carbocycles. The largest absolute Gasteiger partial charge is 0.496 e. The lowest BCUT2D eigenvalue weighted by Crippen LogP contribution is -2.40. The van der Waals surface area contributed by atoms with Gasteiger partial charge in [-0.15, -0.1) is 0 Å². The van der Waals surface area contributed by atoms with Crippen LogP contribution in [0, 0.1) is 12.7 Å². The second-order valence-corrected chi connectivity index (χ2v) is 8.04. The Morgan fingerprint density at radius 2 is 1.97 bits per heavy atom. The molecule has 1 saturated carbocycles. The molecule has 10 heteroatoms. The fourth-order valence-electron chi connectivity index (χ4n) is 3.64. The number of rotatable bonds is 7. The van der Waals surface area contributed by atoms with Crippen LogP contribution in [0.4, 0.5) is 13.2 Å². The molecule has 0 radical (unpaired) electrons. The molecule has 2 aromatic heterocycles. The Labute approximate surface area is 188 Å². The van der Waals surface area contributed by atoms with Crippen LogP contribution in [-0.2, 0) is 4.79 Å². The van der Waals surface area contributed by atoms with Crippen LogP contribution in [0.3, 0.4) is 0 Å². The number of nitrogens with zero attached hydrogens (tertiary/aromatic N) is 2. The molecule has 3 heterocycles. The third-order valence-electron chi connectivity index (χ3n) is 5.77. The number of aromatic nitrogens is 2. The topological polar surface area (TPSA) is 76.9 Å². The van der Waals surface area contributed by atoms with Gasteiger partial charge in [0.1, 0.15) is 23.0 Å². The Bertz CT molecular complexity index is 1140. The predicted octanol–water partition coefficient (Wildman–Crippen LogP) is 3.64. The number of pyridine rings is 1. The van der Waals surface area contributed by atoms with Crippen molar-refractivity contribution in [3.05, 3.63) is 47.5 Å². The fourth-order valence-corrected chi connectivity index (χ4v) is 3.64. The van der Waals surface area contributed by atoms with Crippen molar-refractivity contribution >= 4 is 12.1 Å². The number of carbonyl (C=O) groups is 1. The van der Waals surface area contributed by atoms with Crippen LogP contribution in [0.25, 0.3) is 16.9 Å². The zero-order chi connectivity index (χ0) is 23.5. The molecule has 3 aromatic rings. The first kappa shape index (κ1) is 22.9. The van der Waals surface area contributed by atoms with Crippen LogP contribution in [0.5, 0.6) is 11.5 Å². The number of halogens is 3. The summed E-state index contributed by atoms with van der Waals surface area (Å²) < 4.78 is 51.6. The number of amides is 1. The van der Waals surface area contributed by atoms with Gasteiger partial charge in [-0.1, -0.05) is 0 Å². The number of fused-ring (bicyclic) bond motifs is 1. The lowest BCUT2D eigenvalue weighted by molar-refractivity contribution is -0.109. The zero-order valence-corrected chi connectivity index (χ0v) is 18.3. The highest BCUT2D eigenvalue weighted by Gasteiger charge is 2.24. The molecule has 1 aliphatic heterocycles. The Morgan fingerprint density at radius 1 is 1.24 bits per heavy atom. The van der Waals surface area contributed by atoms with Gasteiger partial charge in [0.05, 0.1) is 19.0 Å². The van der Waals surface area contributed by atoms with Crippen molar-refractivity contribution in [2.75, 3.05) is 20.2 Å². The molecule has 0 atom stereocenters. The van der Waals surface area contributed by atoms with Crippen molar-refractivity contribution < 1.29 is 27.4 Å². The average molecular weight is 462 g/mol. The molecule has 2 fully saturated rings. The van der Waals surface area contributed by atoms with E-state index < -0.39 is 6.61 Å². The van der Waals surface area contributed by atoms with Gasteiger partial charge in [0.25, 0.3) is 0 Å². The maximum atomic E-state index is 14.6. The molecular formula is C23H25F3N4O3. The molecule has 176 valence electrons. The van der Waals surface area contributed by atoms with E-state index in [0.29, 0.717) is 39.8 Å². The first-order chi connectivity index (χ1) is 15.9. The van der Waals surface area contributed by atoms with Gasteiger partial charge in [0, 0.05) is 42.4 Å². The molecule has 33 heavy (non-hydrogen) atoms. The van der Waals surface area contributed by atoms with Crippen molar-refractivity contribution in [1.29, 1.82) is 0 Å². The first-order valence-corrected chi connectivity index (χ1v) is 10.6. The van der Waals surface area contributed by atoms with Crippen molar-refractivity contribution in [2.45, 2.75) is 38.3 Å². The number of carbonyl (C=O) groups excluding carboxylic acids is 1. The second-order valence-electron chi connectivity index (χ2n) is 8.04. The summed E-state index contributed by atoms with van der Waals surface area (Å²) in [4.78, 5) is 13.9. The van der Waals surface area contributed by atoms with Crippen molar-refractivity contribution in [1.82, 2.24) is 20.0 Å². The van der Waals surface area contributed by atoms with Gasteiger partial charge in [0.2, 0.25) is 6.41 Å². The third-order valence-corrected chi connectivity index (χ3v) is 5.77. The van der Waals surface area contributed by atoms with Crippen molar-refractivity contribution in [3.63, 3.8) is 0 Å². The minimum Gasteiger partial charge on any atom is -0.496 e. The van der Waals surface area contributed by atoms with E-state index >= 15 is 0 Å². The zero-order valence-electron chi connectivity index (χ0n) is 18.3. The van der Waals surface area contributed by atoms with Crippen LogP contribution >= 0.6 is 0 Å².